The molecule has 0 spiro atoms. The van der Waals surface area contributed by atoms with Crippen LogP contribution in [0.1, 0.15) is 66.4 Å². The van der Waals surface area contributed by atoms with Crippen molar-refractivity contribution in [3.63, 3.8) is 0 Å². The van der Waals surface area contributed by atoms with E-state index >= 15 is 0 Å². The Morgan fingerprint density at radius 1 is 1.16 bits per heavy atom. The molecule has 1 aromatic rings. The van der Waals surface area contributed by atoms with E-state index in [0.717, 1.165) is 25.7 Å². The van der Waals surface area contributed by atoms with Crippen LogP contribution in [0.25, 0.3) is 0 Å². The van der Waals surface area contributed by atoms with Crippen molar-refractivity contribution >= 4 is 23.6 Å². The molecular formula is C21H30N6O4. The summed E-state index contributed by atoms with van der Waals surface area (Å²) in [4.78, 5) is 53.4. The lowest BCUT2D eigenvalue weighted by Crippen LogP contribution is -2.63. The summed E-state index contributed by atoms with van der Waals surface area (Å²) < 4.78 is 1.47. The smallest absolute Gasteiger partial charge is 0.274 e. The van der Waals surface area contributed by atoms with Gasteiger partial charge in [0.1, 0.15) is 11.2 Å². The highest BCUT2D eigenvalue weighted by molar-refractivity contribution is 6.01. The van der Waals surface area contributed by atoms with E-state index in [1.54, 1.807) is 18.9 Å². The summed E-state index contributed by atoms with van der Waals surface area (Å²) >= 11 is 0. The third-order valence-electron chi connectivity index (χ3n) is 7.08. The van der Waals surface area contributed by atoms with Gasteiger partial charge >= 0.3 is 0 Å². The number of amides is 4. The van der Waals surface area contributed by atoms with Gasteiger partial charge in [-0.25, -0.2) is 0 Å². The molecule has 3 N–H and O–H groups in total. The molecule has 10 nitrogen and oxygen atoms in total. The fourth-order valence-electron chi connectivity index (χ4n) is 4.77. The Labute approximate surface area is 181 Å². The second-order valence-electron chi connectivity index (χ2n) is 9.13. The van der Waals surface area contributed by atoms with Crippen LogP contribution in [0.15, 0.2) is 6.07 Å². The van der Waals surface area contributed by atoms with E-state index in [0.29, 0.717) is 31.6 Å². The fraction of sp³-hybridized carbons (Fsp3) is 0.667. The molecule has 3 heterocycles. The van der Waals surface area contributed by atoms with Gasteiger partial charge in [-0.1, -0.05) is 12.8 Å². The van der Waals surface area contributed by atoms with Crippen LogP contribution in [0.2, 0.25) is 0 Å². The molecule has 31 heavy (non-hydrogen) atoms. The number of likely N-dealkylation sites (tertiary alicyclic amines) is 1. The average Bonchev–Trinajstić information content (AvgIpc) is 3.41. The monoisotopic (exact) mass is 430 g/mol. The van der Waals surface area contributed by atoms with Gasteiger partial charge in [-0.2, -0.15) is 5.10 Å². The van der Waals surface area contributed by atoms with Gasteiger partial charge in [-0.3, -0.25) is 23.9 Å². The Hall–Kier alpha value is -2.91. The molecule has 4 rings (SSSR count). The van der Waals surface area contributed by atoms with Crippen molar-refractivity contribution in [1.82, 2.24) is 24.9 Å². The lowest BCUT2D eigenvalue weighted by atomic mass is 9.95. The second kappa shape index (κ2) is 7.97. The minimum atomic E-state index is -1.08. The zero-order chi connectivity index (χ0) is 22.3. The largest absolute Gasteiger partial charge is 0.369 e. The van der Waals surface area contributed by atoms with E-state index < -0.39 is 5.54 Å². The highest BCUT2D eigenvalue weighted by atomic mass is 16.2. The quantitative estimate of drug-likeness (QED) is 0.701. The maximum Gasteiger partial charge on any atom is 0.274 e. The number of carbonyl (C=O) groups is 4. The molecule has 0 bridgehead atoms. The molecule has 1 aliphatic carbocycles. The molecule has 168 valence electrons. The summed E-state index contributed by atoms with van der Waals surface area (Å²) in [5.41, 5.74) is 4.75. The van der Waals surface area contributed by atoms with Crippen molar-refractivity contribution < 1.29 is 19.2 Å². The summed E-state index contributed by atoms with van der Waals surface area (Å²) in [6.07, 6.45) is 5.16. The van der Waals surface area contributed by atoms with Gasteiger partial charge in [-0.15, -0.1) is 0 Å². The topological polar surface area (TPSA) is 131 Å². The standard InChI is InChI=1S/C21H30N6O4/c1-21(20(31)23-14-5-3-4-6-14)12-27-16(19(30)25(21)2)11-15(24-27)18(29)26-9-7-13(8-10-26)17(22)28/h11,13-14H,3-10,12H2,1-2H3,(H2,22,28)(H,23,31)/t21-/m0/s1. The molecule has 1 saturated carbocycles. The minimum absolute atomic E-state index is 0.146. The second-order valence-corrected chi connectivity index (χ2v) is 9.13. The number of rotatable bonds is 4. The van der Waals surface area contributed by atoms with Crippen molar-refractivity contribution in [3.05, 3.63) is 17.5 Å². The summed E-state index contributed by atoms with van der Waals surface area (Å²) in [5.74, 6) is -1.37. The van der Waals surface area contributed by atoms with Gasteiger partial charge in [0.05, 0.1) is 6.54 Å². The molecule has 1 atom stereocenters. The highest BCUT2D eigenvalue weighted by Gasteiger charge is 2.47. The van der Waals surface area contributed by atoms with Crippen LogP contribution >= 0.6 is 0 Å². The van der Waals surface area contributed by atoms with E-state index in [4.69, 9.17) is 5.73 Å². The molecular weight excluding hydrogens is 400 g/mol. The first-order chi connectivity index (χ1) is 14.7. The van der Waals surface area contributed by atoms with Crippen molar-refractivity contribution in [1.29, 1.82) is 0 Å². The van der Waals surface area contributed by atoms with Crippen LogP contribution in [0.4, 0.5) is 0 Å². The summed E-state index contributed by atoms with van der Waals surface area (Å²) in [6.45, 7) is 2.75. The van der Waals surface area contributed by atoms with E-state index in [-0.39, 0.29) is 47.8 Å². The molecule has 2 aliphatic heterocycles. The van der Waals surface area contributed by atoms with Gasteiger partial charge in [0.15, 0.2) is 5.69 Å². The van der Waals surface area contributed by atoms with Crippen molar-refractivity contribution in [2.24, 2.45) is 11.7 Å². The summed E-state index contributed by atoms with van der Waals surface area (Å²) in [5, 5.41) is 7.46. The van der Waals surface area contributed by atoms with Crippen molar-refractivity contribution in [2.45, 2.75) is 63.6 Å². The predicted octanol–water partition coefficient (Wildman–Crippen LogP) is 0.124. The Kier molecular flexibility index (Phi) is 5.49. The number of nitrogens with zero attached hydrogens (tertiary/aromatic N) is 4. The van der Waals surface area contributed by atoms with Crippen LogP contribution in [0.3, 0.4) is 0 Å². The van der Waals surface area contributed by atoms with Crippen LogP contribution in [0, 0.1) is 5.92 Å². The zero-order valence-corrected chi connectivity index (χ0v) is 18.1. The van der Waals surface area contributed by atoms with E-state index in [9.17, 15) is 19.2 Å². The number of piperidine rings is 1. The van der Waals surface area contributed by atoms with Crippen LogP contribution in [0.5, 0.6) is 0 Å². The molecule has 1 aromatic heterocycles. The number of likely N-dealkylation sites (N-methyl/N-ethyl adjacent to an activating group) is 1. The molecule has 2 fully saturated rings. The molecule has 10 heteroatoms. The van der Waals surface area contributed by atoms with E-state index in [1.807, 2.05) is 0 Å². The highest BCUT2D eigenvalue weighted by Crippen LogP contribution is 2.28. The first-order valence-corrected chi connectivity index (χ1v) is 11.0. The van der Waals surface area contributed by atoms with E-state index in [1.165, 1.54) is 15.6 Å². The van der Waals surface area contributed by atoms with Gasteiger partial charge in [0.25, 0.3) is 11.8 Å². The fourth-order valence-corrected chi connectivity index (χ4v) is 4.77. The molecule has 0 aromatic carbocycles. The summed E-state index contributed by atoms with van der Waals surface area (Å²) in [6, 6.07) is 1.64. The number of nitrogens with two attached hydrogens (primary N) is 1. The molecule has 1 saturated heterocycles. The lowest BCUT2D eigenvalue weighted by Gasteiger charge is -2.41. The first kappa shape index (κ1) is 21.3. The normalized spacial score (nSPS) is 24.9. The Morgan fingerprint density at radius 2 is 1.81 bits per heavy atom. The molecule has 0 unspecified atom stereocenters. The maximum atomic E-state index is 13.1. The minimum Gasteiger partial charge on any atom is -0.369 e. The number of carbonyl (C=O) groups excluding carboxylic acids is 4. The molecule has 4 amide bonds. The SMILES string of the molecule is CN1C(=O)c2cc(C(=O)N3CCC(C(N)=O)CC3)nn2C[C@@]1(C)C(=O)NC1CCCC1. The zero-order valence-electron chi connectivity index (χ0n) is 18.1. The molecule has 3 aliphatic rings. The number of primary amides is 1. The lowest BCUT2D eigenvalue weighted by molar-refractivity contribution is -0.133. The average molecular weight is 431 g/mol. The third-order valence-corrected chi connectivity index (χ3v) is 7.08. The third kappa shape index (κ3) is 3.79. The first-order valence-electron chi connectivity index (χ1n) is 11.0. The number of hydrogen-bond acceptors (Lipinski definition) is 5. The Balaban J connectivity index is 1.50. The van der Waals surface area contributed by atoms with Crippen molar-refractivity contribution in [3.8, 4) is 0 Å². The Bertz CT molecular complexity index is 913. The Morgan fingerprint density at radius 3 is 2.42 bits per heavy atom. The predicted molar refractivity (Wildman–Crippen MR) is 111 cm³/mol. The van der Waals surface area contributed by atoms with Gasteiger partial charge in [0.2, 0.25) is 11.8 Å². The van der Waals surface area contributed by atoms with Crippen molar-refractivity contribution in [2.75, 3.05) is 20.1 Å². The number of aromatic nitrogens is 2. The number of nitrogens with one attached hydrogen (secondary N) is 1. The summed E-state index contributed by atoms with van der Waals surface area (Å²) in [7, 11) is 1.61. The van der Waals surface area contributed by atoms with Gasteiger partial charge < -0.3 is 20.9 Å². The van der Waals surface area contributed by atoms with Crippen LogP contribution in [-0.2, 0) is 16.1 Å². The maximum absolute atomic E-state index is 13.1. The van der Waals surface area contributed by atoms with Gasteiger partial charge in [-0.05, 0) is 32.6 Å². The van der Waals surface area contributed by atoms with Gasteiger partial charge in [0, 0.05) is 38.2 Å². The molecule has 0 radical (unpaired) electrons. The number of fused-ring (bicyclic) bond motifs is 1. The van der Waals surface area contributed by atoms with E-state index in [2.05, 4.69) is 10.4 Å². The number of hydrogen-bond donors (Lipinski definition) is 2. The van der Waals surface area contributed by atoms with Crippen LogP contribution in [-0.4, -0.2) is 74.9 Å². The van der Waals surface area contributed by atoms with Crippen LogP contribution < -0.4 is 11.1 Å².